The van der Waals surface area contributed by atoms with Crippen molar-refractivity contribution >= 4 is 17.9 Å². The van der Waals surface area contributed by atoms with E-state index in [1.807, 2.05) is 39.0 Å². The van der Waals surface area contributed by atoms with Crippen LogP contribution in [0.25, 0.3) is 0 Å². The van der Waals surface area contributed by atoms with Crippen LogP contribution in [0.2, 0.25) is 0 Å². The second-order valence-corrected chi connectivity index (χ2v) is 9.89. The first-order chi connectivity index (χ1) is 17.0. The molecule has 0 aromatic heterocycles. The molecule has 1 aromatic carbocycles. The van der Waals surface area contributed by atoms with E-state index in [4.69, 9.17) is 10.5 Å². The normalized spacial score (nSPS) is 15.8. The Morgan fingerprint density at radius 1 is 1.11 bits per heavy atom. The average molecular weight is 503 g/mol. The molecule has 1 saturated heterocycles. The Labute approximate surface area is 216 Å². The minimum atomic E-state index is -0.756. The molecule has 8 heteroatoms. The average Bonchev–Trinajstić information content (AvgIpc) is 2.82. The van der Waals surface area contributed by atoms with Crippen molar-refractivity contribution in [1.82, 2.24) is 16.0 Å². The van der Waals surface area contributed by atoms with Gasteiger partial charge in [-0.1, -0.05) is 50.3 Å². The van der Waals surface area contributed by atoms with Gasteiger partial charge in [0, 0.05) is 18.9 Å². The lowest BCUT2D eigenvalue weighted by atomic mass is 9.89. The molecule has 1 aromatic rings. The van der Waals surface area contributed by atoms with Gasteiger partial charge in [0.2, 0.25) is 11.8 Å². The second-order valence-electron chi connectivity index (χ2n) is 9.89. The van der Waals surface area contributed by atoms with Crippen LogP contribution in [0.4, 0.5) is 4.79 Å². The molecule has 1 aliphatic rings. The molecule has 8 nitrogen and oxygen atoms in total. The fourth-order valence-electron chi connectivity index (χ4n) is 3.86. The van der Waals surface area contributed by atoms with Crippen LogP contribution in [0.5, 0.6) is 0 Å². The first kappa shape index (κ1) is 31.2. The summed E-state index contributed by atoms with van der Waals surface area (Å²) in [6.07, 6.45) is 6.44. The smallest absolute Gasteiger partial charge is 0.408 e. The highest BCUT2D eigenvalue weighted by molar-refractivity contribution is 5.86. The molecule has 1 aliphatic heterocycles. The van der Waals surface area contributed by atoms with Gasteiger partial charge in [0.1, 0.15) is 11.6 Å². The number of carbonyl (C=O) groups is 3. The van der Waals surface area contributed by atoms with Gasteiger partial charge in [0.15, 0.2) is 0 Å². The van der Waals surface area contributed by atoms with Gasteiger partial charge in [-0.3, -0.25) is 9.59 Å². The van der Waals surface area contributed by atoms with Crippen LogP contribution < -0.4 is 21.7 Å². The molecule has 2 rings (SSSR count). The number of nitrogens with two attached hydrogens (primary N) is 1. The summed E-state index contributed by atoms with van der Waals surface area (Å²) in [6, 6.07) is 7.27. The summed E-state index contributed by atoms with van der Waals surface area (Å²) in [5.41, 5.74) is 7.25. The van der Waals surface area contributed by atoms with Crippen molar-refractivity contribution in [2.45, 2.75) is 97.2 Å². The van der Waals surface area contributed by atoms with Crippen LogP contribution in [0, 0.1) is 0 Å². The largest absolute Gasteiger partial charge is 0.444 e. The third-order valence-corrected chi connectivity index (χ3v) is 5.62. The molecule has 0 radical (unpaired) electrons. The number of rotatable bonds is 10. The van der Waals surface area contributed by atoms with E-state index in [9.17, 15) is 14.4 Å². The molecule has 5 N–H and O–H groups in total. The van der Waals surface area contributed by atoms with E-state index >= 15 is 0 Å². The van der Waals surface area contributed by atoms with E-state index < -0.39 is 23.6 Å². The highest BCUT2D eigenvalue weighted by atomic mass is 16.6. The summed E-state index contributed by atoms with van der Waals surface area (Å²) in [5, 5.41) is 8.83. The number of amides is 3. The number of nitrogens with one attached hydrogen (secondary N) is 3. The topological polar surface area (TPSA) is 123 Å². The molecular weight excluding hydrogens is 456 g/mol. The van der Waals surface area contributed by atoms with Crippen LogP contribution in [0.3, 0.4) is 0 Å². The Balaban J connectivity index is 0.00000316. The Morgan fingerprint density at radius 3 is 2.28 bits per heavy atom. The molecule has 1 unspecified atom stereocenters. The summed E-state index contributed by atoms with van der Waals surface area (Å²) in [4.78, 5) is 36.0. The summed E-state index contributed by atoms with van der Waals surface area (Å²) in [7, 11) is 0. The maximum atomic E-state index is 12.3. The SMILES string of the molecule is CC.C[C@@H](/C=C\CCC(=O)NC(Cc1ccc(C2CCNCC2)cc1)C(N)=O)NC(=O)OC(C)(C)C. The van der Waals surface area contributed by atoms with E-state index in [-0.39, 0.29) is 18.4 Å². The van der Waals surface area contributed by atoms with Gasteiger partial charge in [-0.15, -0.1) is 0 Å². The zero-order chi connectivity index (χ0) is 27.1. The lowest BCUT2D eigenvalue weighted by molar-refractivity contribution is -0.127. The van der Waals surface area contributed by atoms with Crippen molar-refractivity contribution in [2.24, 2.45) is 5.73 Å². The molecule has 3 amide bonds. The summed E-state index contributed by atoms with van der Waals surface area (Å²) >= 11 is 0. The Bertz CT molecular complexity index is 840. The molecular formula is C28H46N4O4. The Kier molecular flexibility index (Phi) is 13.8. The van der Waals surface area contributed by atoms with Crippen molar-refractivity contribution in [2.75, 3.05) is 13.1 Å². The summed E-state index contributed by atoms with van der Waals surface area (Å²) in [6.45, 7) is 13.3. The number of hydrogen-bond acceptors (Lipinski definition) is 5. The van der Waals surface area contributed by atoms with E-state index in [0.717, 1.165) is 31.5 Å². The molecule has 36 heavy (non-hydrogen) atoms. The number of benzene rings is 1. The fraction of sp³-hybridized carbons (Fsp3) is 0.607. The molecule has 202 valence electrons. The van der Waals surface area contributed by atoms with Gasteiger partial charge in [-0.25, -0.2) is 4.79 Å². The van der Waals surface area contributed by atoms with Crippen LogP contribution >= 0.6 is 0 Å². The van der Waals surface area contributed by atoms with Gasteiger partial charge < -0.3 is 26.4 Å². The Morgan fingerprint density at radius 2 is 1.72 bits per heavy atom. The highest BCUT2D eigenvalue weighted by Gasteiger charge is 2.20. The van der Waals surface area contributed by atoms with Crippen molar-refractivity contribution in [3.05, 3.63) is 47.5 Å². The Hall–Kier alpha value is -2.87. The second kappa shape index (κ2) is 16.0. The van der Waals surface area contributed by atoms with Gasteiger partial charge in [-0.2, -0.15) is 0 Å². The predicted molar refractivity (Wildman–Crippen MR) is 145 cm³/mol. The molecule has 1 fully saturated rings. The van der Waals surface area contributed by atoms with Crippen LogP contribution in [0.15, 0.2) is 36.4 Å². The van der Waals surface area contributed by atoms with Crippen molar-refractivity contribution in [1.29, 1.82) is 0 Å². The number of primary amides is 1. The predicted octanol–water partition coefficient (Wildman–Crippen LogP) is 3.94. The van der Waals surface area contributed by atoms with E-state index in [2.05, 4.69) is 28.1 Å². The minimum Gasteiger partial charge on any atom is -0.444 e. The van der Waals surface area contributed by atoms with Gasteiger partial charge in [0.25, 0.3) is 0 Å². The van der Waals surface area contributed by atoms with Crippen molar-refractivity contribution < 1.29 is 19.1 Å². The lowest BCUT2D eigenvalue weighted by Gasteiger charge is -2.23. The molecule has 0 saturated carbocycles. The number of ether oxygens (including phenoxy) is 1. The van der Waals surface area contributed by atoms with E-state index in [0.29, 0.717) is 18.8 Å². The number of alkyl carbamates (subject to hydrolysis) is 1. The molecule has 0 aliphatic carbocycles. The van der Waals surface area contributed by atoms with Gasteiger partial charge in [-0.05, 0) is 77.1 Å². The zero-order valence-electron chi connectivity index (χ0n) is 22.9. The number of carbonyl (C=O) groups excluding carboxylic acids is 3. The maximum absolute atomic E-state index is 12.3. The molecule has 2 atom stereocenters. The maximum Gasteiger partial charge on any atom is 0.408 e. The summed E-state index contributed by atoms with van der Waals surface area (Å²) in [5.74, 6) is -0.230. The zero-order valence-corrected chi connectivity index (χ0v) is 22.9. The standard InChI is InChI=1S/C26H40N4O4.C2H6/c1-18(29-25(33)34-26(2,3)4)7-5-6-8-23(31)30-22(24(27)32)17-19-9-11-20(12-10-19)21-13-15-28-16-14-21;1-2/h5,7,9-12,18,21-22,28H,6,8,13-17H2,1-4H3,(H2,27,32)(H,29,33)(H,30,31);1-2H3/b7-5-;/t18-,22?;/m0./s1. The summed E-state index contributed by atoms with van der Waals surface area (Å²) < 4.78 is 5.21. The number of hydrogen-bond donors (Lipinski definition) is 4. The highest BCUT2D eigenvalue weighted by Crippen LogP contribution is 2.25. The van der Waals surface area contributed by atoms with E-state index in [1.165, 1.54) is 5.56 Å². The van der Waals surface area contributed by atoms with Gasteiger partial charge in [0.05, 0.1) is 0 Å². The van der Waals surface area contributed by atoms with E-state index in [1.54, 1.807) is 26.8 Å². The van der Waals surface area contributed by atoms with Crippen molar-refractivity contribution in [3.8, 4) is 0 Å². The molecule has 0 spiro atoms. The molecule has 1 heterocycles. The first-order valence-corrected chi connectivity index (χ1v) is 13.1. The van der Waals surface area contributed by atoms with Crippen LogP contribution in [-0.4, -0.2) is 48.7 Å². The number of piperidine rings is 1. The van der Waals surface area contributed by atoms with Gasteiger partial charge >= 0.3 is 6.09 Å². The number of allylic oxidation sites excluding steroid dienone is 1. The lowest BCUT2D eigenvalue weighted by Crippen LogP contribution is -2.45. The fourth-order valence-corrected chi connectivity index (χ4v) is 3.86. The minimum absolute atomic E-state index is 0.216. The van der Waals surface area contributed by atoms with Crippen molar-refractivity contribution in [3.63, 3.8) is 0 Å². The third-order valence-electron chi connectivity index (χ3n) is 5.62. The van der Waals surface area contributed by atoms with Crippen LogP contribution in [0.1, 0.15) is 84.3 Å². The third kappa shape index (κ3) is 12.7. The molecule has 0 bridgehead atoms. The first-order valence-electron chi connectivity index (χ1n) is 13.1. The quantitative estimate of drug-likeness (QED) is 0.361. The monoisotopic (exact) mass is 502 g/mol. The van der Waals surface area contributed by atoms with Crippen LogP contribution in [-0.2, 0) is 20.7 Å².